The van der Waals surface area contributed by atoms with Gasteiger partial charge in [0.15, 0.2) is 0 Å². The van der Waals surface area contributed by atoms with Gasteiger partial charge in [-0.2, -0.15) is 0 Å². The first-order valence-electron chi connectivity index (χ1n) is 10.3. The maximum Gasteiger partial charge on any atom is 0.226 e. The fraction of sp³-hybridized carbons (Fsp3) is 0.714. The summed E-state index contributed by atoms with van der Waals surface area (Å²) in [4.78, 5) is 19.5. The van der Waals surface area contributed by atoms with E-state index in [1.54, 1.807) is 0 Å². The van der Waals surface area contributed by atoms with Crippen molar-refractivity contribution in [2.75, 3.05) is 36.5 Å². The SMILES string of the molecule is O=C(CC12CC3CC(CC(Br)(C3)C1)C2)Nc1ccc(N2CCOCC2)cn1. The molecule has 6 heteroatoms. The van der Waals surface area contributed by atoms with Gasteiger partial charge >= 0.3 is 0 Å². The van der Waals surface area contributed by atoms with Crippen molar-refractivity contribution in [2.45, 2.75) is 49.3 Å². The third kappa shape index (κ3) is 3.63. The average molecular weight is 434 g/mol. The summed E-state index contributed by atoms with van der Waals surface area (Å²) in [5.74, 6) is 2.41. The van der Waals surface area contributed by atoms with E-state index in [0.29, 0.717) is 16.6 Å². The van der Waals surface area contributed by atoms with E-state index in [2.05, 4.69) is 31.1 Å². The molecule has 2 unspecified atom stereocenters. The normalized spacial score (nSPS) is 37.4. The maximum absolute atomic E-state index is 12.8. The van der Waals surface area contributed by atoms with Crippen LogP contribution in [-0.2, 0) is 9.53 Å². The Labute approximate surface area is 169 Å². The van der Waals surface area contributed by atoms with Crippen LogP contribution in [0.2, 0.25) is 0 Å². The Bertz CT molecular complexity index is 703. The van der Waals surface area contributed by atoms with Gasteiger partial charge < -0.3 is 15.0 Å². The van der Waals surface area contributed by atoms with E-state index in [1.165, 1.54) is 32.1 Å². The van der Waals surface area contributed by atoms with Gasteiger partial charge in [-0.25, -0.2) is 4.98 Å². The highest BCUT2D eigenvalue weighted by Gasteiger charge is 2.57. The number of pyridine rings is 1. The number of carbonyl (C=O) groups excluding carboxylic acids is 1. The molecule has 5 fully saturated rings. The van der Waals surface area contributed by atoms with Gasteiger partial charge in [-0.1, -0.05) is 15.9 Å². The van der Waals surface area contributed by atoms with Crippen LogP contribution in [0.5, 0.6) is 0 Å². The lowest BCUT2D eigenvalue weighted by Gasteiger charge is -2.60. The van der Waals surface area contributed by atoms with Crippen molar-refractivity contribution in [1.82, 2.24) is 4.98 Å². The lowest BCUT2D eigenvalue weighted by molar-refractivity contribution is -0.123. The molecule has 1 saturated heterocycles. The lowest BCUT2D eigenvalue weighted by Crippen LogP contribution is -2.53. The molecule has 0 spiro atoms. The summed E-state index contributed by atoms with van der Waals surface area (Å²) in [5, 5.41) is 3.05. The van der Waals surface area contributed by atoms with Crippen molar-refractivity contribution < 1.29 is 9.53 Å². The monoisotopic (exact) mass is 433 g/mol. The maximum atomic E-state index is 12.8. The van der Waals surface area contributed by atoms with Gasteiger partial charge in [-0.05, 0) is 67.9 Å². The van der Waals surface area contributed by atoms with E-state index in [0.717, 1.165) is 50.2 Å². The van der Waals surface area contributed by atoms with E-state index < -0.39 is 0 Å². The van der Waals surface area contributed by atoms with Crippen molar-refractivity contribution in [3.8, 4) is 0 Å². The molecule has 1 aliphatic heterocycles. The molecule has 146 valence electrons. The van der Waals surface area contributed by atoms with Gasteiger partial charge in [0.05, 0.1) is 25.1 Å². The zero-order chi connectivity index (χ0) is 18.5. The molecule has 4 bridgehead atoms. The minimum absolute atomic E-state index is 0.125. The molecule has 2 heterocycles. The molecule has 5 nitrogen and oxygen atoms in total. The zero-order valence-corrected chi connectivity index (χ0v) is 17.3. The number of carbonyl (C=O) groups is 1. The summed E-state index contributed by atoms with van der Waals surface area (Å²) in [5.41, 5.74) is 1.30. The molecule has 1 aromatic rings. The van der Waals surface area contributed by atoms with E-state index >= 15 is 0 Å². The Kier molecular flexibility index (Phi) is 4.47. The molecule has 4 saturated carbocycles. The number of nitrogens with zero attached hydrogens (tertiary/aromatic N) is 2. The average Bonchev–Trinajstić information content (AvgIpc) is 2.60. The largest absolute Gasteiger partial charge is 0.378 e. The minimum atomic E-state index is 0.125. The number of ether oxygens (including phenoxy) is 1. The smallest absolute Gasteiger partial charge is 0.226 e. The first-order chi connectivity index (χ1) is 13.0. The Hall–Kier alpha value is -1.14. The standard InChI is InChI=1S/C21H28BrN3O2/c22-21-10-15-7-16(11-21)9-20(8-15,14-21)12-19(26)24-18-2-1-17(13-23-18)25-3-5-27-6-4-25/h1-2,13,15-16H,3-12,14H2,(H,23,24,26). The van der Waals surface area contributed by atoms with Crippen LogP contribution in [0.4, 0.5) is 11.5 Å². The predicted octanol–water partition coefficient (Wildman–Crippen LogP) is 3.98. The van der Waals surface area contributed by atoms with E-state index in [-0.39, 0.29) is 11.3 Å². The van der Waals surface area contributed by atoms with Crippen LogP contribution in [0.3, 0.4) is 0 Å². The quantitative estimate of drug-likeness (QED) is 0.729. The van der Waals surface area contributed by atoms with Gasteiger partial charge in [-0.3, -0.25) is 4.79 Å². The summed E-state index contributed by atoms with van der Waals surface area (Å²) >= 11 is 4.04. The summed E-state index contributed by atoms with van der Waals surface area (Å²) in [6.45, 7) is 3.31. The number of alkyl halides is 1. The number of hydrogen-bond donors (Lipinski definition) is 1. The highest BCUT2D eigenvalue weighted by molar-refractivity contribution is 9.10. The van der Waals surface area contributed by atoms with Gasteiger partial charge in [0.25, 0.3) is 0 Å². The Balaban J connectivity index is 1.22. The van der Waals surface area contributed by atoms with Gasteiger partial charge in [-0.15, -0.1) is 0 Å². The van der Waals surface area contributed by atoms with Crippen molar-refractivity contribution in [3.63, 3.8) is 0 Å². The molecule has 0 aromatic carbocycles. The van der Waals surface area contributed by atoms with Crippen LogP contribution in [0.1, 0.15) is 44.9 Å². The molecular formula is C21H28BrN3O2. The number of halogens is 1. The van der Waals surface area contributed by atoms with Crippen molar-refractivity contribution >= 4 is 33.3 Å². The van der Waals surface area contributed by atoms with E-state index in [4.69, 9.17) is 4.74 Å². The van der Waals surface area contributed by atoms with Crippen LogP contribution < -0.4 is 10.2 Å². The number of nitrogens with one attached hydrogen (secondary N) is 1. The Morgan fingerprint density at radius 2 is 1.96 bits per heavy atom. The summed E-state index contributed by atoms with van der Waals surface area (Å²) < 4.78 is 5.70. The lowest BCUT2D eigenvalue weighted by atomic mass is 9.48. The first-order valence-corrected chi connectivity index (χ1v) is 11.1. The third-order valence-electron chi connectivity index (χ3n) is 7.04. The summed E-state index contributed by atoms with van der Waals surface area (Å²) in [7, 11) is 0. The molecule has 1 aromatic heterocycles. The summed E-state index contributed by atoms with van der Waals surface area (Å²) in [6, 6.07) is 3.97. The highest BCUT2D eigenvalue weighted by Crippen LogP contribution is 2.65. The number of amides is 1. The second kappa shape index (κ2) is 6.73. The Morgan fingerprint density at radius 3 is 2.59 bits per heavy atom. The number of aromatic nitrogens is 1. The van der Waals surface area contributed by atoms with Crippen LogP contribution in [0, 0.1) is 17.3 Å². The third-order valence-corrected chi connectivity index (χ3v) is 7.97. The number of morpholine rings is 1. The molecule has 1 amide bonds. The topological polar surface area (TPSA) is 54.5 Å². The fourth-order valence-corrected chi connectivity index (χ4v) is 8.05. The second-order valence-corrected chi connectivity index (χ2v) is 11.0. The van der Waals surface area contributed by atoms with Gasteiger partial charge in [0, 0.05) is 23.8 Å². The van der Waals surface area contributed by atoms with Gasteiger partial charge in [0.1, 0.15) is 5.82 Å². The van der Waals surface area contributed by atoms with Crippen molar-refractivity contribution in [3.05, 3.63) is 18.3 Å². The van der Waals surface area contributed by atoms with Crippen LogP contribution in [0.25, 0.3) is 0 Å². The van der Waals surface area contributed by atoms with Crippen LogP contribution >= 0.6 is 15.9 Å². The van der Waals surface area contributed by atoms with Gasteiger partial charge in [0.2, 0.25) is 5.91 Å². The fourth-order valence-electron chi connectivity index (χ4n) is 6.54. The van der Waals surface area contributed by atoms with E-state index in [1.807, 2.05) is 18.3 Å². The number of anilines is 2. The molecule has 27 heavy (non-hydrogen) atoms. The van der Waals surface area contributed by atoms with Crippen molar-refractivity contribution in [1.29, 1.82) is 0 Å². The number of rotatable bonds is 4. The second-order valence-electron chi connectivity index (χ2n) is 9.34. The molecule has 1 N–H and O–H groups in total. The number of hydrogen-bond acceptors (Lipinski definition) is 4. The molecule has 4 aliphatic carbocycles. The highest BCUT2D eigenvalue weighted by atomic mass is 79.9. The molecule has 0 radical (unpaired) electrons. The molecule has 2 atom stereocenters. The molecule has 6 rings (SSSR count). The van der Waals surface area contributed by atoms with Crippen LogP contribution in [-0.4, -0.2) is 41.5 Å². The molecular weight excluding hydrogens is 406 g/mol. The van der Waals surface area contributed by atoms with E-state index in [9.17, 15) is 4.79 Å². The predicted molar refractivity (Wildman–Crippen MR) is 109 cm³/mol. The first kappa shape index (κ1) is 17.9. The zero-order valence-electron chi connectivity index (χ0n) is 15.8. The Morgan fingerprint density at radius 1 is 1.22 bits per heavy atom. The van der Waals surface area contributed by atoms with Crippen molar-refractivity contribution in [2.24, 2.45) is 17.3 Å². The van der Waals surface area contributed by atoms with Crippen LogP contribution in [0.15, 0.2) is 18.3 Å². The minimum Gasteiger partial charge on any atom is -0.378 e. The molecule has 5 aliphatic rings. The summed E-state index contributed by atoms with van der Waals surface area (Å²) in [6.07, 6.45) is 10.1.